The Morgan fingerprint density at radius 1 is 1.25 bits per heavy atom. The summed E-state index contributed by atoms with van der Waals surface area (Å²) in [6.07, 6.45) is 7.85. The first-order valence-electron chi connectivity index (χ1n) is 8.51. The van der Waals surface area contributed by atoms with Crippen molar-refractivity contribution in [3.05, 3.63) is 35.0 Å². The molecule has 0 saturated carbocycles. The van der Waals surface area contributed by atoms with Crippen LogP contribution >= 0.6 is 0 Å². The van der Waals surface area contributed by atoms with Crippen molar-refractivity contribution in [3.8, 4) is 0 Å². The molecule has 24 heavy (non-hydrogen) atoms. The van der Waals surface area contributed by atoms with E-state index in [1.165, 1.54) is 6.42 Å². The average Bonchev–Trinajstić information content (AvgIpc) is 3.12. The zero-order valence-corrected chi connectivity index (χ0v) is 14.3. The smallest absolute Gasteiger partial charge is 0.291 e. The fraction of sp³-hybridized carbons (Fsp3) is 0.529. The van der Waals surface area contributed by atoms with Gasteiger partial charge in [0, 0.05) is 37.1 Å². The molecule has 2 aromatic heterocycles. The van der Waals surface area contributed by atoms with E-state index in [1.807, 2.05) is 31.1 Å². The third-order valence-corrected chi connectivity index (χ3v) is 4.48. The van der Waals surface area contributed by atoms with Crippen LogP contribution in [-0.4, -0.2) is 50.6 Å². The van der Waals surface area contributed by atoms with Crippen molar-refractivity contribution in [3.63, 3.8) is 0 Å². The van der Waals surface area contributed by atoms with Gasteiger partial charge >= 0.3 is 0 Å². The van der Waals surface area contributed by atoms with E-state index >= 15 is 0 Å². The van der Waals surface area contributed by atoms with Gasteiger partial charge in [0.1, 0.15) is 5.82 Å². The fourth-order valence-corrected chi connectivity index (χ4v) is 2.87. The largest absolute Gasteiger partial charge is 0.369 e. The Bertz CT molecular complexity index is 691. The lowest BCUT2D eigenvalue weighted by atomic mass is 10.1. The molecule has 3 heterocycles. The molecule has 7 nitrogen and oxygen atoms in total. The number of piperidine rings is 1. The van der Waals surface area contributed by atoms with Crippen LogP contribution in [0.1, 0.15) is 46.7 Å². The molecule has 2 N–H and O–H groups in total. The highest BCUT2D eigenvalue weighted by molar-refractivity contribution is 5.91. The van der Waals surface area contributed by atoms with Crippen molar-refractivity contribution in [2.75, 3.05) is 25.0 Å². The van der Waals surface area contributed by atoms with Crippen LogP contribution in [0.4, 0.5) is 5.82 Å². The molecule has 1 fully saturated rings. The molecule has 0 aliphatic carbocycles. The molecule has 0 aromatic carbocycles. The number of aryl methyl sites for hydroxylation is 1. The number of carbonyl (C=O) groups excluding carboxylic acids is 1. The Morgan fingerprint density at radius 3 is 2.75 bits per heavy atom. The zero-order valence-electron chi connectivity index (χ0n) is 14.3. The number of likely N-dealkylation sites (tertiary alicyclic amines) is 1. The van der Waals surface area contributed by atoms with Crippen LogP contribution in [0.3, 0.4) is 0 Å². The van der Waals surface area contributed by atoms with Crippen LogP contribution < -0.4 is 5.32 Å². The summed E-state index contributed by atoms with van der Waals surface area (Å²) in [5, 5.41) is 10.1. The van der Waals surface area contributed by atoms with Crippen LogP contribution in [0.2, 0.25) is 0 Å². The van der Waals surface area contributed by atoms with E-state index in [0.717, 1.165) is 61.5 Å². The summed E-state index contributed by atoms with van der Waals surface area (Å²) in [6.45, 7) is 6.24. The second kappa shape index (κ2) is 7.42. The van der Waals surface area contributed by atoms with Crippen LogP contribution in [-0.2, 0) is 6.42 Å². The summed E-state index contributed by atoms with van der Waals surface area (Å²) in [4.78, 5) is 23.4. The predicted molar refractivity (Wildman–Crippen MR) is 92.0 cm³/mol. The highest BCUT2D eigenvalue weighted by atomic mass is 16.2. The van der Waals surface area contributed by atoms with Gasteiger partial charge in [-0.2, -0.15) is 5.10 Å². The van der Waals surface area contributed by atoms with E-state index in [0.29, 0.717) is 5.82 Å². The van der Waals surface area contributed by atoms with Crippen molar-refractivity contribution in [1.29, 1.82) is 0 Å². The third-order valence-electron chi connectivity index (χ3n) is 4.48. The number of H-pyrrole nitrogens is 1. The average molecular weight is 328 g/mol. The molecule has 1 aliphatic heterocycles. The molecule has 1 aliphatic rings. The summed E-state index contributed by atoms with van der Waals surface area (Å²) in [7, 11) is 0. The number of hydrogen-bond acceptors (Lipinski definition) is 5. The van der Waals surface area contributed by atoms with Crippen LogP contribution in [0.25, 0.3) is 0 Å². The molecule has 2 aromatic rings. The molecule has 7 heteroatoms. The lowest BCUT2D eigenvalue weighted by Gasteiger charge is -2.26. The van der Waals surface area contributed by atoms with E-state index in [2.05, 4.69) is 25.5 Å². The minimum absolute atomic E-state index is 0.0596. The third kappa shape index (κ3) is 3.72. The van der Waals surface area contributed by atoms with Crippen molar-refractivity contribution in [1.82, 2.24) is 25.1 Å². The first kappa shape index (κ1) is 16.4. The molecule has 3 rings (SSSR count). The maximum absolute atomic E-state index is 12.6. The number of carbonyl (C=O) groups is 1. The predicted octanol–water partition coefficient (Wildman–Crippen LogP) is 2.10. The summed E-state index contributed by atoms with van der Waals surface area (Å²) in [6, 6.07) is 0. The molecule has 0 bridgehead atoms. The summed E-state index contributed by atoms with van der Waals surface area (Å²) >= 11 is 0. The van der Waals surface area contributed by atoms with Gasteiger partial charge in [-0.15, -0.1) is 0 Å². The van der Waals surface area contributed by atoms with E-state index in [-0.39, 0.29) is 5.91 Å². The van der Waals surface area contributed by atoms with Crippen molar-refractivity contribution >= 4 is 11.7 Å². The maximum atomic E-state index is 12.6. The number of anilines is 1. The van der Waals surface area contributed by atoms with Crippen LogP contribution in [0.15, 0.2) is 12.4 Å². The number of nitrogens with zero attached hydrogens (tertiary/aromatic N) is 4. The molecule has 0 radical (unpaired) electrons. The summed E-state index contributed by atoms with van der Waals surface area (Å²) in [5.41, 5.74) is 2.96. The van der Waals surface area contributed by atoms with Crippen LogP contribution in [0.5, 0.6) is 0 Å². The van der Waals surface area contributed by atoms with Gasteiger partial charge in [0.25, 0.3) is 5.91 Å². The number of aromatic amines is 1. The zero-order chi connectivity index (χ0) is 16.9. The molecule has 0 spiro atoms. The number of rotatable bonds is 5. The minimum atomic E-state index is -0.0596. The quantitative estimate of drug-likeness (QED) is 0.878. The van der Waals surface area contributed by atoms with Gasteiger partial charge in [-0.1, -0.05) is 0 Å². The SMILES string of the molecule is Cc1nc(C(=O)N2CCCCC2)nc(NCCc2cn[nH]c2)c1C. The lowest BCUT2D eigenvalue weighted by molar-refractivity contribution is 0.0711. The molecular weight excluding hydrogens is 304 g/mol. The van der Waals surface area contributed by atoms with Gasteiger partial charge in [0.15, 0.2) is 0 Å². The minimum Gasteiger partial charge on any atom is -0.369 e. The van der Waals surface area contributed by atoms with Crippen LogP contribution in [0, 0.1) is 13.8 Å². The Morgan fingerprint density at radius 2 is 2.04 bits per heavy atom. The van der Waals surface area contributed by atoms with Gasteiger partial charge in [-0.3, -0.25) is 9.89 Å². The first-order valence-corrected chi connectivity index (χ1v) is 8.51. The topological polar surface area (TPSA) is 86.8 Å². The molecular formula is C17H24N6O. The Hall–Kier alpha value is -2.44. The van der Waals surface area contributed by atoms with Gasteiger partial charge in [-0.25, -0.2) is 9.97 Å². The monoisotopic (exact) mass is 328 g/mol. The lowest BCUT2D eigenvalue weighted by Crippen LogP contribution is -2.36. The second-order valence-corrected chi connectivity index (χ2v) is 6.24. The fourth-order valence-electron chi connectivity index (χ4n) is 2.87. The highest BCUT2D eigenvalue weighted by Crippen LogP contribution is 2.17. The van der Waals surface area contributed by atoms with E-state index < -0.39 is 0 Å². The van der Waals surface area contributed by atoms with Gasteiger partial charge < -0.3 is 10.2 Å². The number of hydrogen-bond donors (Lipinski definition) is 2. The first-order chi connectivity index (χ1) is 11.6. The Kier molecular flexibility index (Phi) is 5.08. The summed E-state index contributed by atoms with van der Waals surface area (Å²) in [5.74, 6) is 0.979. The Labute approximate surface area is 141 Å². The van der Waals surface area contributed by atoms with Gasteiger partial charge in [0.05, 0.1) is 6.20 Å². The van der Waals surface area contributed by atoms with E-state index in [4.69, 9.17) is 0 Å². The molecule has 128 valence electrons. The van der Waals surface area contributed by atoms with Gasteiger partial charge in [0.2, 0.25) is 5.82 Å². The van der Waals surface area contributed by atoms with E-state index in [1.54, 1.807) is 0 Å². The molecule has 1 amide bonds. The molecule has 0 atom stereocenters. The highest BCUT2D eigenvalue weighted by Gasteiger charge is 2.22. The second-order valence-electron chi connectivity index (χ2n) is 6.24. The normalized spacial score (nSPS) is 14.7. The molecule has 0 unspecified atom stereocenters. The van der Waals surface area contributed by atoms with Gasteiger partial charge in [-0.05, 0) is 45.1 Å². The van der Waals surface area contributed by atoms with Crippen molar-refractivity contribution < 1.29 is 4.79 Å². The number of amides is 1. The van der Waals surface area contributed by atoms with E-state index in [9.17, 15) is 4.79 Å². The number of nitrogens with one attached hydrogen (secondary N) is 2. The number of aromatic nitrogens is 4. The van der Waals surface area contributed by atoms with Crippen molar-refractivity contribution in [2.24, 2.45) is 0 Å². The maximum Gasteiger partial charge on any atom is 0.291 e. The summed E-state index contributed by atoms with van der Waals surface area (Å²) < 4.78 is 0. The standard InChI is InChI=1S/C17H24N6O/c1-12-13(2)21-16(17(24)23-8-4-3-5-9-23)22-15(12)18-7-6-14-10-19-20-11-14/h10-11H,3-9H2,1-2H3,(H,19,20)(H,18,21,22). The molecule has 1 saturated heterocycles. The Balaban J connectivity index is 1.71. The van der Waals surface area contributed by atoms with Crippen molar-refractivity contribution in [2.45, 2.75) is 39.5 Å².